The molecular formula is C13H10BrClN2OS2. The van der Waals surface area contributed by atoms with E-state index in [-0.39, 0.29) is 5.91 Å². The van der Waals surface area contributed by atoms with Crippen LogP contribution in [0, 0.1) is 6.92 Å². The lowest BCUT2D eigenvalue weighted by Gasteiger charge is -2.08. The molecule has 0 aliphatic heterocycles. The van der Waals surface area contributed by atoms with Crippen molar-refractivity contribution < 1.29 is 4.79 Å². The first-order chi connectivity index (χ1) is 9.40. The number of amides is 1. The third-order valence-corrected chi connectivity index (χ3v) is 5.19. The zero-order valence-electron chi connectivity index (χ0n) is 10.4. The molecule has 1 aromatic heterocycles. The van der Waals surface area contributed by atoms with Crippen LogP contribution < -0.4 is 11.1 Å². The van der Waals surface area contributed by atoms with E-state index in [1.54, 1.807) is 18.2 Å². The standard InChI is InChI=1S/C13H10BrClN2OS2/c1-6-5-20-11(10(6)15)13(18)17-9-3-2-7(12(16)19)4-8(9)14/h2-5H,1H3,(H2,16,19)(H,17,18). The van der Waals surface area contributed by atoms with Crippen molar-refractivity contribution in [2.45, 2.75) is 6.92 Å². The van der Waals surface area contributed by atoms with E-state index in [0.717, 1.165) is 11.1 Å². The van der Waals surface area contributed by atoms with Crippen LogP contribution in [0.1, 0.15) is 20.8 Å². The summed E-state index contributed by atoms with van der Waals surface area (Å²) in [6.45, 7) is 1.86. The van der Waals surface area contributed by atoms with Gasteiger partial charge in [0.15, 0.2) is 0 Å². The molecule has 2 aromatic rings. The summed E-state index contributed by atoms with van der Waals surface area (Å²) >= 11 is 15.7. The highest BCUT2D eigenvalue weighted by Gasteiger charge is 2.16. The number of thiocarbonyl (C=S) groups is 1. The van der Waals surface area contributed by atoms with Gasteiger partial charge in [-0.15, -0.1) is 11.3 Å². The first kappa shape index (κ1) is 15.4. The highest BCUT2D eigenvalue weighted by Crippen LogP contribution is 2.29. The molecule has 0 radical (unpaired) electrons. The third kappa shape index (κ3) is 3.20. The maximum Gasteiger partial charge on any atom is 0.267 e. The number of halogens is 2. The summed E-state index contributed by atoms with van der Waals surface area (Å²) in [7, 11) is 0. The molecule has 2 rings (SSSR count). The van der Waals surface area contributed by atoms with Crippen molar-refractivity contribution in [2.75, 3.05) is 5.32 Å². The molecule has 0 aliphatic rings. The van der Waals surface area contributed by atoms with E-state index < -0.39 is 0 Å². The van der Waals surface area contributed by atoms with Crippen LogP contribution in [0.25, 0.3) is 0 Å². The summed E-state index contributed by atoms with van der Waals surface area (Å²) in [5, 5.41) is 5.14. The van der Waals surface area contributed by atoms with Crippen LogP contribution >= 0.6 is 51.1 Å². The topological polar surface area (TPSA) is 55.1 Å². The summed E-state index contributed by atoms with van der Waals surface area (Å²) in [5.74, 6) is -0.239. The summed E-state index contributed by atoms with van der Waals surface area (Å²) in [4.78, 5) is 13.0. The molecule has 0 saturated heterocycles. The summed E-state index contributed by atoms with van der Waals surface area (Å²) in [6.07, 6.45) is 0. The molecule has 0 bridgehead atoms. The van der Waals surface area contributed by atoms with E-state index in [0.29, 0.717) is 25.0 Å². The van der Waals surface area contributed by atoms with Crippen LogP contribution in [0.2, 0.25) is 5.02 Å². The summed E-state index contributed by atoms with van der Waals surface area (Å²) in [5.41, 5.74) is 7.82. The molecular weight excluding hydrogens is 380 g/mol. The Morgan fingerprint density at radius 3 is 2.70 bits per heavy atom. The van der Waals surface area contributed by atoms with Gasteiger partial charge in [0.05, 0.1) is 10.7 Å². The Bertz CT molecular complexity index is 700. The van der Waals surface area contributed by atoms with Gasteiger partial charge in [0.2, 0.25) is 0 Å². The number of thiophene rings is 1. The second kappa shape index (κ2) is 6.22. The van der Waals surface area contributed by atoms with Gasteiger partial charge in [-0.05, 0) is 52.0 Å². The smallest absolute Gasteiger partial charge is 0.267 e. The fourth-order valence-corrected chi connectivity index (χ4v) is 3.31. The monoisotopic (exact) mass is 388 g/mol. The van der Waals surface area contributed by atoms with Crippen molar-refractivity contribution in [3.05, 3.63) is 49.1 Å². The highest BCUT2D eigenvalue weighted by molar-refractivity contribution is 9.10. The predicted octanol–water partition coefficient (Wildman–Crippen LogP) is 4.36. The van der Waals surface area contributed by atoms with E-state index in [2.05, 4.69) is 21.2 Å². The largest absolute Gasteiger partial charge is 0.389 e. The maximum absolute atomic E-state index is 12.2. The minimum absolute atomic E-state index is 0.239. The molecule has 0 spiro atoms. The Balaban J connectivity index is 2.24. The van der Waals surface area contributed by atoms with Crippen LogP contribution in [0.3, 0.4) is 0 Å². The van der Waals surface area contributed by atoms with Crippen molar-refractivity contribution in [1.29, 1.82) is 0 Å². The predicted molar refractivity (Wildman–Crippen MR) is 92.0 cm³/mol. The first-order valence-electron chi connectivity index (χ1n) is 5.54. The van der Waals surface area contributed by atoms with E-state index in [4.69, 9.17) is 29.6 Å². The van der Waals surface area contributed by atoms with E-state index in [1.807, 2.05) is 12.3 Å². The molecule has 1 aromatic carbocycles. The number of benzene rings is 1. The number of hydrogen-bond donors (Lipinski definition) is 2. The molecule has 3 nitrogen and oxygen atoms in total. The minimum Gasteiger partial charge on any atom is -0.389 e. The van der Waals surface area contributed by atoms with Crippen molar-refractivity contribution in [2.24, 2.45) is 5.73 Å². The maximum atomic E-state index is 12.2. The lowest BCUT2D eigenvalue weighted by molar-refractivity contribution is 0.103. The lowest BCUT2D eigenvalue weighted by atomic mass is 10.2. The molecule has 104 valence electrons. The molecule has 0 fully saturated rings. The molecule has 0 atom stereocenters. The highest BCUT2D eigenvalue weighted by atomic mass is 79.9. The molecule has 20 heavy (non-hydrogen) atoms. The van der Waals surface area contributed by atoms with Gasteiger partial charge in [-0.1, -0.05) is 23.8 Å². The normalized spacial score (nSPS) is 10.3. The SMILES string of the molecule is Cc1csc(C(=O)Nc2ccc(C(N)=S)cc2Br)c1Cl. The first-order valence-corrected chi connectivity index (χ1v) is 8.00. The number of rotatable bonds is 3. The van der Waals surface area contributed by atoms with Gasteiger partial charge >= 0.3 is 0 Å². The summed E-state index contributed by atoms with van der Waals surface area (Å²) < 4.78 is 0.709. The zero-order valence-corrected chi connectivity index (χ0v) is 14.3. The number of nitrogens with one attached hydrogen (secondary N) is 1. The second-order valence-corrected chi connectivity index (χ2v) is 6.63. The molecule has 1 amide bonds. The van der Waals surface area contributed by atoms with Gasteiger partial charge in [-0.2, -0.15) is 0 Å². The van der Waals surface area contributed by atoms with Gasteiger partial charge in [0, 0.05) is 10.0 Å². The van der Waals surface area contributed by atoms with Crippen molar-refractivity contribution in [1.82, 2.24) is 0 Å². The number of nitrogens with two attached hydrogens (primary N) is 1. The fourth-order valence-electron chi connectivity index (χ4n) is 1.53. The van der Waals surface area contributed by atoms with Crippen LogP contribution in [-0.4, -0.2) is 10.9 Å². The third-order valence-electron chi connectivity index (χ3n) is 2.61. The Morgan fingerprint density at radius 1 is 1.50 bits per heavy atom. The van der Waals surface area contributed by atoms with Crippen LogP contribution in [0.15, 0.2) is 28.1 Å². The lowest BCUT2D eigenvalue weighted by Crippen LogP contribution is -2.13. The minimum atomic E-state index is -0.239. The quantitative estimate of drug-likeness (QED) is 0.767. The van der Waals surface area contributed by atoms with Gasteiger partial charge < -0.3 is 11.1 Å². The number of carbonyl (C=O) groups excluding carboxylic acids is 1. The molecule has 0 saturated carbocycles. The number of carbonyl (C=O) groups is 1. The molecule has 1 heterocycles. The Labute approximate surface area is 139 Å². The van der Waals surface area contributed by atoms with Crippen LogP contribution in [0.5, 0.6) is 0 Å². The van der Waals surface area contributed by atoms with Crippen molar-refractivity contribution >= 4 is 67.7 Å². The summed E-state index contributed by atoms with van der Waals surface area (Å²) in [6, 6.07) is 5.26. The fraction of sp³-hybridized carbons (Fsp3) is 0.0769. The van der Waals surface area contributed by atoms with E-state index >= 15 is 0 Å². The van der Waals surface area contributed by atoms with Crippen molar-refractivity contribution in [3.8, 4) is 0 Å². The molecule has 3 N–H and O–H groups in total. The van der Waals surface area contributed by atoms with Gasteiger partial charge in [0.25, 0.3) is 5.91 Å². The number of anilines is 1. The van der Waals surface area contributed by atoms with Crippen molar-refractivity contribution in [3.63, 3.8) is 0 Å². The Kier molecular flexibility index (Phi) is 4.80. The average molecular weight is 390 g/mol. The van der Waals surface area contributed by atoms with Crippen LogP contribution in [0.4, 0.5) is 5.69 Å². The molecule has 7 heteroatoms. The van der Waals surface area contributed by atoms with E-state index in [9.17, 15) is 4.79 Å². The number of aryl methyl sites for hydroxylation is 1. The second-order valence-electron chi connectivity index (χ2n) is 4.07. The zero-order chi connectivity index (χ0) is 14.9. The molecule has 0 unspecified atom stereocenters. The van der Waals surface area contributed by atoms with E-state index in [1.165, 1.54) is 11.3 Å². The average Bonchev–Trinajstić information content (AvgIpc) is 2.72. The number of hydrogen-bond acceptors (Lipinski definition) is 3. The van der Waals surface area contributed by atoms with Gasteiger partial charge in [-0.25, -0.2) is 0 Å². The Morgan fingerprint density at radius 2 is 2.20 bits per heavy atom. The molecule has 0 aliphatic carbocycles. The van der Waals surface area contributed by atoms with Crippen LogP contribution in [-0.2, 0) is 0 Å². The van der Waals surface area contributed by atoms with Gasteiger partial charge in [-0.3, -0.25) is 4.79 Å². The van der Waals surface area contributed by atoms with Gasteiger partial charge in [0.1, 0.15) is 9.87 Å². The Hall–Kier alpha value is -0.950.